The van der Waals surface area contributed by atoms with Gasteiger partial charge in [0.15, 0.2) is 0 Å². The minimum Gasteiger partial charge on any atom is -0.396 e. The summed E-state index contributed by atoms with van der Waals surface area (Å²) >= 11 is 0. The molecule has 2 aromatic heterocycles. The molecule has 1 saturated heterocycles. The monoisotopic (exact) mass is 473 g/mol. The predicted molar refractivity (Wildman–Crippen MR) is 122 cm³/mol. The molecule has 2 N–H and O–H groups in total. The van der Waals surface area contributed by atoms with Crippen LogP contribution in [-0.4, -0.2) is 45.5 Å². The Morgan fingerprint density at radius 1 is 1.15 bits per heavy atom. The van der Waals surface area contributed by atoms with Crippen molar-refractivity contribution in [2.45, 2.75) is 44.3 Å². The number of carbonyl (C=O) groups excluding carboxylic acids is 1. The summed E-state index contributed by atoms with van der Waals surface area (Å²) in [6.07, 6.45) is 2.18. The van der Waals surface area contributed by atoms with E-state index in [0.717, 1.165) is 67.9 Å². The second kappa shape index (κ2) is 8.90. The molecule has 1 aliphatic heterocycles. The predicted octanol–water partition coefficient (Wildman–Crippen LogP) is 4.64. The number of aromatic nitrogens is 3. The zero-order valence-electron chi connectivity index (χ0n) is 18.6. The number of hydrogen-bond acceptors (Lipinski definition) is 5. The molecule has 0 atom stereocenters. The maximum Gasteiger partial charge on any atom is 0.433 e. The highest BCUT2D eigenvalue weighted by Crippen LogP contribution is 2.36. The van der Waals surface area contributed by atoms with Crippen LogP contribution in [0.3, 0.4) is 0 Å². The quantitative estimate of drug-likeness (QED) is 0.564. The molecule has 0 unspecified atom stereocenters. The molecule has 1 aromatic carbocycles. The fourth-order valence-corrected chi connectivity index (χ4v) is 4.68. The SMILES string of the molecule is O=C(Nc1cc2cn(C3CCC(CO)CC3)nc2cc1N1CCC1)c1cccc(C(F)(F)F)n1. The Bertz CT molecular complexity index is 1200. The van der Waals surface area contributed by atoms with Crippen LogP contribution in [0.4, 0.5) is 24.5 Å². The van der Waals surface area contributed by atoms with E-state index in [1.807, 2.05) is 23.0 Å². The third-order valence-corrected chi connectivity index (χ3v) is 6.81. The summed E-state index contributed by atoms with van der Waals surface area (Å²) in [5.74, 6) is -0.340. The number of hydrogen-bond donors (Lipinski definition) is 2. The van der Waals surface area contributed by atoms with Crippen LogP contribution >= 0.6 is 0 Å². The molecule has 3 heterocycles. The number of halogens is 3. The van der Waals surface area contributed by atoms with E-state index >= 15 is 0 Å². The average molecular weight is 473 g/mol. The average Bonchev–Trinajstić information content (AvgIpc) is 3.20. The van der Waals surface area contributed by atoms with Crippen LogP contribution < -0.4 is 10.2 Å². The van der Waals surface area contributed by atoms with E-state index in [1.165, 1.54) is 12.1 Å². The number of benzene rings is 1. The minimum atomic E-state index is -4.62. The zero-order chi connectivity index (χ0) is 23.9. The number of pyridine rings is 1. The van der Waals surface area contributed by atoms with Crippen LogP contribution in [0.1, 0.15) is 54.3 Å². The van der Waals surface area contributed by atoms with E-state index < -0.39 is 17.8 Å². The number of aliphatic hydroxyl groups is 1. The number of anilines is 2. The normalized spacial score (nSPS) is 20.9. The zero-order valence-corrected chi connectivity index (χ0v) is 18.6. The molecular formula is C24H26F3N5O2. The van der Waals surface area contributed by atoms with Crippen LogP contribution in [-0.2, 0) is 6.18 Å². The van der Waals surface area contributed by atoms with Crippen molar-refractivity contribution in [3.8, 4) is 0 Å². The molecule has 5 rings (SSSR count). The number of fused-ring (bicyclic) bond motifs is 1. The maximum atomic E-state index is 13.0. The Hall–Kier alpha value is -3.14. The van der Waals surface area contributed by atoms with Crippen LogP contribution in [0.5, 0.6) is 0 Å². The van der Waals surface area contributed by atoms with Gasteiger partial charge in [-0.15, -0.1) is 0 Å². The third kappa shape index (κ3) is 4.46. The number of rotatable bonds is 5. The second-order valence-electron chi connectivity index (χ2n) is 9.09. The minimum absolute atomic E-state index is 0.219. The fraction of sp³-hybridized carbons (Fsp3) is 0.458. The lowest BCUT2D eigenvalue weighted by Crippen LogP contribution is -2.37. The van der Waals surface area contributed by atoms with Crippen molar-refractivity contribution in [1.29, 1.82) is 0 Å². The maximum absolute atomic E-state index is 13.0. The summed E-state index contributed by atoms with van der Waals surface area (Å²) in [5.41, 5.74) is 0.742. The third-order valence-electron chi connectivity index (χ3n) is 6.81. The fourth-order valence-electron chi connectivity index (χ4n) is 4.68. The smallest absolute Gasteiger partial charge is 0.396 e. The van der Waals surface area contributed by atoms with E-state index in [4.69, 9.17) is 5.10 Å². The van der Waals surface area contributed by atoms with Gasteiger partial charge in [0.05, 0.1) is 22.9 Å². The number of alkyl halides is 3. The van der Waals surface area contributed by atoms with E-state index in [2.05, 4.69) is 15.2 Å². The second-order valence-corrected chi connectivity index (χ2v) is 9.09. The molecule has 10 heteroatoms. The van der Waals surface area contributed by atoms with Gasteiger partial charge in [-0.25, -0.2) is 4.98 Å². The molecule has 0 bridgehead atoms. The molecule has 1 amide bonds. The molecule has 1 aliphatic carbocycles. The Balaban J connectivity index is 1.43. The number of amides is 1. The summed E-state index contributed by atoms with van der Waals surface area (Å²) in [4.78, 5) is 18.4. The van der Waals surface area contributed by atoms with Gasteiger partial charge in [0.2, 0.25) is 0 Å². The Morgan fingerprint density at radius 2 is 1.91 bits per heavy atom. The van der Waals surface area contributed by atoms with Gasteiger partial charge in [-0.2, -0.15) is 18.3 Å². The van der Waals surface area contributed by atoms with Gasteiger partial charge in [-0.1, -0.05) is 6.07 Å². The van der Waals surface area contributed by atoms with Crippen molar-refractivity contribution in [3.05, 3.63) is 47.9 Å². The molecule has 0 spiro atoms. The van der Waals surface area contributed by atoms with E-state index in [1.54, 1.807) is 0 Å². The highest BCUT2D eigenvalue weighted by molar-refractivity contribution is 6.06. The number of nitrogens with one attached hydrogen (secondary N) is 1. The molecule has 180 valence electrons. The molecule has 1 saturated carbocycles. The van der Waals surface area contributed by atoms with Gasteiger partial charge in [0, 0.05) is 31.3 Å². The summed E-state index contributed by atoms with van der Waals surface area (Å²) in [6, 6.07) is 7.32. The van der Waals surface area contributed by atoms with Crippen LogP contribution in [0, 0.1) is 5.92 Å². The lowest BCUT2D eigenvalue weighted by atomic mass is 9.87. The van der Waals surface area contributed by atoms with Crippen molar-refractivity contribution in [2.24, 2.45) is 5.92 Å². The van der Waals surface area contributed by atoms with Crippen molar-refractivity contribution in [2.75, 3.05) is 29.9 Å². The Labute approximate surface area is 194 Å². The summed E-state index contributed by atoms with van der Waals surface area (Å²) in [7, 11) is 0. The molecular weight excluding hydrogens is 447 g/mol. The van der Waals surface area contributed by atoms with Crippen LogP contribution in [0.15, 0.2) is 36.5 Å². The van der Waals surface area contributed by atoms with Gasteiger partial charge >= 0.3 is 6.18 Å². The topological polar surface area (TPSA) is 83.3 Å². The molecule has 2 aliphatic rings. The number of aliphatic hydroxyl groups excluding tert-OH is 1. The summed E-state index contributed by atoms with van der Waals surface area (Å²) < 4.78 is 41.1. The van der Waals surface area contributed by atoms with Gasteiger partial charge < -0.3 is 15.3 Å². The molecule has 0 radical (unpaired) electrons. The van der Waals surface area contributed by atoms with Gasteiger partial charge in [-0.05, 0) is 62.3 Å². The first-order chi connectivity index (χ1) is 16.3. The Morgan fingerprint density at radius 3 is 2.56 bits per heavy atom. The first-order valence-electron chi connectivity index (χ1n) is 11.6. The van der Waals surface area contributed by atoms with Crippen LogP contribution in [0.2, 0.25) is 0 Å². The summed E-state index contributed by atoms with van der Waals surface area (Å²) in [6.45, 7) is 1.89. The van der Waals surface area contributed by atoms with E-state index in [9.17, 15) is 23.1 Å². The highest BCUT2D eigenvalue weighted by Gasteiger charge is 2.33. The number of nitrogens with zero attached hydrogens (tertiary/aromatic N) is 4. The van der Waals surface area contributed by atoms with Crippen molar-refractivity contribution >= 4 is 28.2 Å². The lowest BCUT2D eigenvalue weighted by molar-refractivity contribution is -0.141. The largest absolute Gasteiger partial charge is 0.433 e. The Kier molecular flexibility index (Phi) is 5.93. The lowest BCUT2D eigenvalue weighted by Gasteiger charge is -2.34. The highest BCUT2D eigenvalue weighted by atomic mass is 19.4. The van der Waals surface area contributed by atoms with Gasteiger partial charge in [-0.3, -0.25) is 9.48 Å². The first kappa shape index (κ1) is 22.6. The molecule has 2 fully saturated rings. The standard InChI is InChI=1S/C24H26F3N5O2/c25-24(26,27)22-4-1-3-18(28-22)23(34)29-20-11-16-13-32(17-7-5-15(14-33)6-8-17)30-19(16)12-21(20)31-9-2-10-31/h1,3-4,11-13,15,17,33H,2,5-10,14H2,(H,29,34). The molecule has 34 heavy (non-hydrogen) atoms. The number of carbonyl (C=O) groups is 1. The van der Waals surface area contributed by atoms with E-state index in [0.29, 0.717) is 11.6 Å². The summed E-state index contributed by atoms with van der Waals surface area (Å²) in [5, 5.41) is 17.8. The van der Waals surface area contributed by atoms with E-state index in [-0.39, 0.29) is 18.3 Å². The van der Waals surface area contributed by atoms with Crippen molar-refractivity contribution in [1.82, 2.24) is 14.8 Å². The van der Waals surface area contributed by atoms with Crippen molar-refractivity contribution in [3.63, 3.8) is 0 Å². The van der Waals surface area contributed by atoms with Gasteiger partial charge in [0.1, 0.15) is 11.4 Å². The first-order valence-corrected chi connectivity index (χ1v) is 11.6. The van der Waals surface area contributed by atoms with Gasteiger partial charge in [0.25, 0.3) is 5.91 Å². The van der Waals surface area contributed by atoms with Crippen LogP contribution in [0.25, 0.3) is 10.9 Å². The van der Waals surface area contributed by atoms with Crippen molar-refractivity contribution < 1.29 is 23.1 Å². The molecule has 7 nitrogen and oxygen atoms in total. The molecule has 3 aromatic rings.